The lowest BCUT2D eigenvalue weighted by Crippen LogP contribution is -2.15. The lowest BCUT2D eigenvalue weighted by Gasteiger charge is -2.13. The quantitative estimate of drug-likeness (QED) is 0.394. The van der Waals surface area contributed by atoms with Gasteiger partial charge in [-0.3, -0.25) is 9.82 Å². The van der Waals surface area contributed by atoms with E-state index in [9.17, 15) is 12.8 Å². The van der Waals surface area contributed by atoms with E-state index in [2.05, 4.69) is 47.7 Å². The van der Waals surface area contributed by atoms with E-state index >= 15 is 4.39 Å². The average Bonchev–Trinajstić information content (AvgIpc) is 3.23. The Kier molecular flexibility index (Phi) is 5.82. The van der Waals surface area contributed by atoms with Gasteiger partial charge < -0.3 is 4.74 Å². The zero-order chi connectivity index (χ0) is 22.9. The standard InChI is InChI=1S/C21H13BrF2N4O3S/c1-31-18-7-3-14(22)9-19(18)32(29,30)28-17-6-5-16(23)15(20(17)24)4-2-12-8-13-11-26-27-21(13)25-10-12/h3,5-11,28H,1H3,(H,25,26,27). The fraction of sp³-hybridized carbons (Fsp3) is 0.0476. The summed E-state index contributed by atoms with van der Waals surface area (Å²) in [6, 6.07) is 7.92. The van der Waals surface area contributed by atoms with Crippen molar-refractivity contribution in [1.29, 1.82) is 0 Å². The van der Waals surface area contributed by atoms with Crippen LogP contribution in [0, 0.1) is 23.5 Å². The highest BCUT2D eigenvalue weighted by Crippen LogP contribution is 2.30. The molecule has 0 radical (unpaired) electrons. The fourth-order valence-electron chi connectivity index (χ4n) is 2.85. The predicted octanol–water partition coefficient (Wildman–Crippen LogP) is 4.21. The van der Waals surface area contributed by atoms with Crippen molar-refractivity contribution < 1.29 is 21.9 Å². The summed E-state index contributed by atoms with van der Waals surface area (Å²) in [5.41, 5.74) is -0.0883. The fourth-order valence-corrected chi connectivity index (χ4v) is 4.61. The molecule has 162 valence electrons. The second kappa shape index (κ2) is 8.57. The molecule has 0 unspecified atom stereocenters. The zero-order valence-corrected chi connectivity index (χ0v) is 18.7. The van der Waals surface area contributed by atoms with Crippen molar-refractivity contribution >= 4 is 42.7 Å². The molecule has 0 bridgehead atoms. The van der Waals surface area contributed by atoms with Crippen LogP contribution in [0.25, 0.3) is 11.0 Å². The van der Waals surface area contributed by atoms with Crippen LogP contribution in [-0.4, -0.2) is 30.7 Å². The van der Waals surface area contributed by atoms with Gasteiger partial charge in [0.15, 0.2) is 11.5 Å². The van der Waals surface area contributed by atoms with Crippen molar-refractivity contribution in [2.24, 2.45) is 0 Å². The third-order valence-corrected chi connectivity index (χ3v) is 6.25. The first-order valence-electron chi connectivity index (χ1n) is 8.94. The minimum atomic E-state index is -4.25. The van der Waals surface area contributed by atoms with Crippen LogP contribution in [0.4, 0.5) is 14.5 Å². The summed E-state index contributed by atoms with van der Waals surface area (Å²) in [5, 5.41) is 7.21. The van der Waals surface area contributed by atoms with Crippen molar-refractivity contribution in [1.82, 2.24) is 15.2 Å². The number of pyridine rings is 1. The SMILES string of the molecule is COc1ccc(Br)cc1S(=O)(=O)Nc1ccc(F)c(C#Cc2cnc3[nH]ncc3c2)c1F. The van der Waals surface area contributed by atoms with Crippen molar-refractivity contribution in [3.05, 3.63) is 76.0 Å². The Labute approximate surface area is 190 Å². The van der Waals surface area contributed by atoms with Gasteiger partial charge in [0.2, 0.25) is 0 Å². The van der Waals surface area contributed by atoms with E-state index in [4.69, 9.17) is 4.74 Å². The summed E-state index contributed by atoms with van der Waals surface area (Å²) in [4.78, 5) is 3.89. The molecule has 0 aliphatic heterocycles. The number of nitrogens with zero attached hydrogens (tertiary/aromatic N) is 2. The Morgan fingerprint density at radius 3 is 2.72 bits per heavy atom. The lowest BCUT2D eigenvalue weighted by atomic mass is 10.1. The van der Waals surface area contributed by atoms with Gasteiger partial charge in [-0.15, -0.1) is 0 Å². The molecule has 11 heteroatoms. The van der Waals surface area contributed by atoms with Crippen LogP contribution in [0.1, 0.15) is 11.1 Å². The van der Waals surface area contributed by atoms with Crippen molar-refractivity contribution in [3.8, 4) is 17.6 Å². The number of sulfonamides is 1. The van der Waals surface area contributed by atoms with Crippen LogP contribution in [0.15, 0.2) is 58.2 Å². The third kappa shape index (κ3) is 4.28. The molecular formula is C21H13BrF2N4O3S. The van der Waals surface area contributed by atoms with Crippen LogP contribution in [0.3, 0.4) is 0 Å². The van der Waals surface area contributed by atoms with E-state index in [1.165, 1.54) is 25.4 Å². The second-order valence-corrected chi connectivity index (χ2v) is 9.03. The molecule has 2 aromatic heterocycles. The smallest absolute Gasteiger partial charge is 0.265 e. The molecule has 0 spiro atoms. The van der Waals surface area contributed by atoms with E-state index in [-0.39, 0.29) is 10.6 Å². The molecule has 0 saturated carbocycles. The second-order valence-electron chi connectivity index (χ2n) is 6.47. The lowest BCUT2D eigenvalue weighted by molar-refractivity contribution is 0.402. The van der Waals surface area contributed by atoms with Gasteiger partial charge in [-0.05, 0) is 36.4 Å². The summed E-state index contributed by atoms with van der Waals surface area (Å²) in [6.07, 6.45) is 2.97. The normalized spacial score (nSPS) is 11.1. The van der Waals surface area contributed by atoms with E-state index in [1.807, 2.05) is 0 Å². The minimum Gasteiger partial charge on any atom is -0.495 e. The Bertz CT molecular complexity index is 1510. The van der Waals surface area contributed by atoms with Gasteiger partial charge in [0, 0.05) is 21.6 Å². The molecule has 4 aromatic rings. The van der Waals surface area contributed by atoms with Crippen LogP contribution < -0.4 is 9.46 Å². The van der Waals surface area contributed by atoms with Gasteiger partial charge in [0.25, 0.3) is 10.0 Å². The van der Waals surface area contributed by atoms with E-state index in [1.54, 1.807) is 18.3 Å². The molecule has 7 nitrogen and oxygen atoms in total. The minimum absolute atomic E-state index is 0.0605. The third-order valence-electron chi connectivity index (χ3n) is 4.37. The molecule has 0 amide bonds. The number of aromatic amines is 1. The molecule has 2 N–H and O–H groups in total. The number of benzene rings is 2. The number of rotatable bonds is 4. The maximum atomic E-state index is 15.0. The Hall–Kier alpha value is -3.49. The van der Waals surface area contributed by atoms with Crippen molar-refractivity contribution in [2.45, 2.75) is 4.90 Å². The number of nitrogens with one attached hydrogen (secondary N) is 2. The molecule has 0 fully saturated rings. The highest BCUT2D eigenvalue weighted by molar-refractivity contribution is 9.10. The van der Waals surface area contributed by atoms with Gasteiger partial charge in [-0.25, -0.2) is 22.2 Å². The van der Waals surface area contributed by atoms with Gasteiger partial charge in [0.1, 0.15) is 16.5 Å². The molecule has 2 heterocycles. The van der Waals surface area contributed by atoms with E-state index in [0.29, 0.717) is 21.1 Å². The number of halogens is 3. The van der Waals surface area contributed by atoms with Crippen LogP contribution in [0.2, 0.25) is 0 Å². The Morgan fingerprint density at radius 1 is 1.12 bits per heavy atom. The van der Waals surface area contributed by atoms with Gasteiger partial charge in [0.05, 0.1) is 24.6 Å². The monoisotopic (exact) mass is 518 g/mol. The summed E-state index contributed by atoms with van der Waals surface area (Å²) < 4.78 is 62.7. The van der Waals surface area contributed by atoms with Gasteiger partial charge >= 0.3 is 0 Å². The topological polar surface area (TPSA) is 97.0 Å². The maximum Gasteiger partial charge on any atom is 0.265 e. The Morgan fingerprint density at radius 2 is 1.94 bits per heavy atom. The summed E-state index contributed by atoms with van der Waals surface area (Å²) in [7, 11) is -2.94. The first-order valence-corrected chi connectivity index (χ1v) is 11.2. The average molecular weight is 519 g/mol. The van der Waals surface area contributed by atoms with Crippen LogP contribution >= 0.6 is 15.9 Å². The van der Waals surface area contributed by atoms with Crippen LogP contribution in [-0.2, 0) is 10.0 Å². The number of aromatic nitrogens is 3. The number of anilines is 1. The van der Waals surface area contributed by atoms with E-state index < -0.39 is 32.9 Å². The summed E-state index contributed by atoms with van der Waals surface area (Å²) >= 11 is 3.19. The molecule has 32 heavy (non-hydrogen) atoms. The highest BCUT2D eigenvalue weighted by atomic mass is 79.9. The summed E-state index contributed by atoms with van der Waals surface area (Å²) in [6.45, 7) is 0. The molecule has 0 aliphatic carbocycles. The number of fused-ring (bicyclic) bond motifs is 1. The first-order chi connectivity index (χ1) is 15.3. The molecule has 0 saturated heterocycles. The highest BCUT2D eigenvalue weighted by Gasteiger charge is 2.23. The number of methoxy groups -OCH3 is 1. The van der Waals surface area contributed by atoms with Gasteiger partial charge in [-0.2, -0.15) is 5.10 Å². The Balaban J connectivity index is 1.71. The van der Waals surface area contributed by atoms with E-state index in [0.717, 1.165) is 12.1 Å². The maximum absolute atomic E-state index is 15.0. The number of hydrogen-bond acceptors (Lipinski definition) is 5. The molecule has 2 aromatic carbocycles. The molecular weight excluding hydrogens is 506 g/mol. The molecule has 4 rings (SSSR count). The zero-order valence-electron chi connectivity index (χ0n) is 16.3. The number of H-pyrrole nitrogens is 1. The molecule has 0 atom stereocenters. The number of hydrogen-bond donors (Lipinski definition) is 2. The number of ether oxygens (including phenoxy) is 1. The first kappa shape index (κ1) is 21.7. The summed E-state index contributed by atoms with van der Waals surface area (Å²) in [5.74, 6) is 3.03. The van der Waals surface area contributed by atoms with Gasteiger partial charge in [-0.1, -0.05) is 27.8 Å². The van der Waals surface area contributed by atoms with Crippen molar-refractivity contribution in [3.63, 3.8) is 0 Å². The van der Waals surface area contributed by atoms with Crippen molar-refractivity contribution in [2.75, 3.05) is 11.8 Å². The molecule has 0 aliphatic rings. The predicted molar refractivity (Wildman–Crippen MR) is 118 cm³/mol. The van der Waals surface area contributed by atoms with Crippen LogP contribution in [0.5, 0.6) is 5.75 Å². The largest absolute Gasteiger partial charge is 0.495 e.